The second-order valence-electron chi connectivity index (χ2n) is 3.20. The van der Waals surface area contributed by atoms with Crippen LogP contribution in [0.2, 0.25) is 0 Å². The minimum atomic E-state index is 0.101. The maximum Gasteiger partial charge on any atom is 0.166 e. The highest BCUT2D eigenvalue weighted by atomic mass is 79.9. The molecule has 1 unspecified atom stereocenters. The predicted octanol–water partition coefficient (Wildman–Crippen LogP) is 1.27. The summed E-state index contributed by atoms with van der Waals surface area (Å²) in [5.41, 5.74) is 0. The summed E-state index contributed by atoms with van der Waals surface area (Å²) in [5, 5.41) is 15.3. The Hall–Kier alpha value is -0.130. The number of hydrogen-bond donors (Lipinski definition) is 3. The van der Waals surface area contributed by atoms with Crippen molar-refractivity contribution in [1.82, 2.24) is 10.6 Å². The van der Waals surface area contributed by atoms with Gasteiger partial charge in [-0.25, -0.2) is 0 Å². The Kier molecular flexibility index (Phi) is 5.44. The lowest BCUT2D eigenvalue weighted by Crippen LogP contribution is -2.43. The molecular weight excluding hydrogens is 264 g/mol. The fraction of sp³-hybridized carbons (Fsp3) is 0.667. The van der Waals surface area contributed by atoms with Crippen molar-refractivity contribution in [3.63, 3.8) is 0 Å². The number of rotatable bonds is 3. The molecule has 3 nitrogen and oxygen atoms in total. The van der Waals surface area contributed by atoms with Crippen LogP contribution in [0.5, 0.6) is 0 Å². The van der Waals surface area contributed by atoms with Gasteiger partial charge in [0.25, 0.3) is 0 Å². The van der Waals surface area contributed by atoms with E-state index in [1.807, 2.05) is 0 Å². The molecule has 1 atom stereocenters. The van der Waals surface area contributed by atoms with Gasteiger partial charge in [0, 0.05) is 11.0 Å². The van der Waals surface area contributed by atoms with Crippen LogP contribution in [0.4, 0.5) is 0 Å². The number of nitrogens with one attached hydrogen (secondary N) is 2. The summed E-state index contributed by atoms with van der Waals surface area (Å²) in [7, 11) is 0. The van der Waals surface area contributed by atoms with Crippen molar-refractivity contribution < 1.29 is 5.11 Å². The van der Waals surface area contributed by atoms with E-state index >= 15 is 0 Å². The van der Waals surface area contributed by atoms with Crippen LogP contribution in [0.25, 0.3) is 0 Å². The maximum atomic E-state index is 8.60. The molecule has 1 aliphatic rings. The number of aliphatic hydroxyl groups is 1. The van der Waals surface area contributed by atoms with Crippen LogP contribution in [-0.2, 0) is 0 Å². The molecule has 1 rings (SSSR count). The molecule has 0 aromatic rings. The highest BCUT2D eigenvalue weighted by Crippen LogP contribution is 2.22. The van der Waals surface area contributed by atoms with Gasteiger partial charge in [-0.3, -0.25) is 0 Å². The van der Waals surface area contributed by atoms with Gasteiger partial charge in [0.1, 0.15) is 0 Å². The van der Waals surface area contributed by atoms with E-state index in [9.17, 15) is 0 Å². The first kappa shape index (κ1) is 11.9. The average Bonchev–Trinajstić information content (AvgIpc) is 2.18. The van der Waals surface area contributed by atoms with Gasteiger partial charge in [-0.15, -0.1) is 0 Å². The first-order valence-electron chi connectivity index (χ1n) is 4.75. The Bertz CT molecular complexity index is 233. The quantitative estimate of drug-likeness (QED) is 0.681. The highest BCUT2D eigenvalue weighted by Gasteiger charge is 2.15. The van der Waals surface area contributed by atoms with E-state index in [4.69, 9.17) is 17.3 Å². The third-order valence-corrected chi connectivity index (χ3v) is 3.21. The molecule has 3 N–H and O–H groups in total. The first-order valence-corrected chi connectivity index (χ1v) is 5.95. The standard InChI is InChI=1S/C9H15BrN2OS/c10-7-3-1-2-4-8(7)12-9(14)11-5-6-13/h3,8,13H,1-2,4-6H2,(H2,11,12,14). The monoisotopic (exact) mass is 278 g/mol. The molecule has 0 aromatic carbocycles. The van der Waals surface area contributed by atoms with E-state index in [2.05, 4.69) is 32.6 Å². The fourth-order valence-electron chi connectivity index (χ4n) is 1.36. The topological polar surface area (TPSA) is 44.3 Å². The minimum Gasteiger partial charge on any atom is -0.395 e. The van der Waals surface area contributed by atoms with Gasteiger partial charge in [0.2, 0.25) is 0 Å². The summed E-state index contributed by atoms with van der Waals surface area (Å²) < 4.78 is 1.18. The lowest BCUT2D eigenvalue weighted by Gasteiger charge is -2.23. The van der Waals surface area contributed by atoms with E-state index < -0.39 is 0 Å². The van der Waals surface area contributed by atoms with Gasteiger partial charge in [-0.05, 0) is 31.5 Å². The molecule has 0 aromatic heterocycles. The van der Waals surface area contributed by atoms with Crippen molar-refractivity contribution in [2.45, 2.75) is 25.3 Å². The smallest absolute Gasteiger partial charge is 0.166 e. The maximum absolute atomic E-state index is 8.60. The van der Waals surface area contributed by atoms with Gasteiger partial charge in [0.05, 0.1) is 12.6 Å². The molecule has 0 bridgehead atoms. The SMILES string of the molecule is OCCNC(=S)NC1CCCC=C1Br. The van der Waals surface area contributed by atoms with Gasteiger partial charge >= 0.3 is 0 Å². The van der Waals surface area contributed by atoms with Crippen LogP contribution in [0.15, 0.2) is 10.6 Å². The van der Waals surface area contributed by atoms with Gasteiger partial charge in [0.15, 0.2) is 5.11 Å². The van der Waals surface area contributed by atoms with Gasteiger partial charge < -0.3 is 15.7 Å². The highest BCUT2D eigenvalue weighted by molar-refractivity contribution is 9.11. The molecule has 0 saturated carbocycles. The molecule has 0 fully saturated rings. The Morgan fingerprint density at radius 3 is 3.14 bits per heavy atom. The molecule has 14 heavy (non-hydrogen) atoms. The first-order chi connectivity index (χ1) is 6.74. The van der Waals surface area contributed by atoms with Crippen molar-refractivity contribution in [3.8, 4) is 0 Å². The number of aliphatic hydroxyl groups excluding tert-OH is 1. The molecule has 0 heterocycles. The Morgan fingerprint density at radius 2 is 2.50 bits per heavy atom. The van der Waals surface area contributed by atoms with E-state index in [1.165, 1.54) is 10.9 Å². The summed E-state index contributed by atoms with van der Waals surface area (Å²) >= 11 is 8.59. The Labute approximate surface area is 98.1 Å². The third kappa shape index (κ3) is 3.94. The second kappa shape index (κ2) is 6.37. The summed E-state index contributed by atoms with van der Waals surface area (Å²) in [6, 6.07) is 0.294. The predicted molar refractivity (Wildman–Crippen MR) is 65.5 cm³/mol. The van der Waals surface area contributed by atoms with E-state index in [-0.39, 0.29) is 6.61 Å². The van der Waals surface area contributed by atoms with E-state index in [1.54, 1.807) is 0 Å². The van der Waals surface area contributed by atoms with Crippen LogP contribution in [0, 0.1) is 0 Å². The van der Waals surface area contributed by atoms with E-state index in [0.717, 1.165) is 12.8 Å². The van der Waals surface area contributed by atoms with Crippen LogP contribution in [-0.4, -0.2) is 29.4 Å². The molecule has 1 aliphatic carbocycles. The molecule has 80 valence electrons. The molecule has 0 amide bonds. The molecule has 0 aliphatic heterocycles. The van der Waals surface area contributed by atoms with Crippen LogP contribution in [0.1, 0.15) is 19.3 Å². The van der Waals surface area contributed by atoms with Gasteiger partial charge in [-0.2, -0.15) is 0 Å². The summed E-state index contributed by atoms with van der Waals surface area (Å²) in [6.45, 7) is 0.601. The largest absolute Gasteiger partial charge is 0.395 e. The van der Waals surface area contributed by atoms with Crippen molar-refractivity contribution in [2.75, 3.05) is 13.2 Å². The number of allylic oxidation sites excluding steroid dienone is 1. The van der Waals surface area contributed by atoms with E-state index in [0.29, 0.717) is 17.7 Å². The van der Waals surface area contributed by atoms with Gasteiger partial charge in [-0.1, -0.05) is 22.0 Å². The van der Waals surface area contributed by atoms with Crippen LogP contribution in [0.3, 0.4) is 0 Å². The lowest BCUT2D eigenvalue weighted by atomic mass is 10.0. The zero-order chi connectivity index (χ0) is 10.4. The zero-order valence-corrected chi connectivity index (χ0v) is 10.3. The normalized spacial score (nSPS) is 21.3. The van der Waals surface area contributed by atoms with Crippen LogP contribution < -0.4 is 10.6 Å². The lowest BCUT2D eigenvalue weighted by molar-refractivity contribution is 0.300. The number of hydrogen-bond acceptors (Lipinski definition) is 2. The zero-order valence-electron chi connectivity index (χ0n) is 7.92. The summed E-state index contributed by atoms with van der Waals surface area (Å²) in [5.74, 6) is 0. The van der Waals surface area contributed by atoms with Crippen molar-refractivity contribution in [1.29, 1.82) is 0 Å². The minimum absolute atomic E-state index is 0.101. The van der Waals surface area contributed by atoms with Crippen LogP contribution >= 0.6 is 28.1 Å². The molecular formula is C9H15BrN2OS. The molecule has 0 spiro atoms. The Morgan fingerprint density at radius 1 is 1.71 bits per heavy atom. The van der Waals surface area contributed by atoms with Crippen molar-refractivity contribution in [3.05, 3.63) is 10.6 Å². The van der Waals surface area contributed by atoms with Crippen molar-refractivity contribution in [2.24, 2.45) is 0 Å². The number of halogens is 1. The van der Waals surface area contributed by atoms with Crippen molar-refractivity contribution >= 4 is 33.3 Å². The Balaban J connectivity index is 2.32. The number of thiocarbonyl (C=S) groups is 1. The summed E-state index contributed by atoms with van der Waals surface area (Å²) in [6.07, 6.45) is 5.60. The molecule has 0 radical (unpaired) electrons. The summed E-state index contributed by atoms with van der Waals surface area (Å²) in [4.78, 5) is 0. The third-order valence-electron chi connectivity index (χ3n) is 2.07. The molecule has 0 saturated heterocycles. The fourth-order valence-corrected chi connectivity index (χ4v) is 2.18. The average molecular weight is 279 g/mol. The molecule has 5 heteroatoms. The second-order valence-corrected chi connectivity index (χ2v) is 4.52.